The summed E-state index contributed by atoms with van der Waals surface area (Å²) in [6.07, 6.45) is 5.98. The second-order valence-electron chi connectivity index (χ2n) is 7.66. The van der Waals surface area contributed by atoms with Crippen LogP contribution in [0.15, 0.2) is 53.9 Å². The Morgan fingerprint density at radius 2 is 2.11 bits per heavy atom. The lowest BCUT2D eigenvalue weighted by molar-refractivity contribution is -0.140. The fraction of sp³-hybridized carbons (Fsp3) is 0.227. The van der Waals surface area contributed by atoms with Gasteiger partial charge in [0.2, 0.25) is 0 Å². The van der Waals surface area contributed by atoms with Crippen molar-refractivity contribution in [2.75, 3.05) is 11.9 Å². The van der Waals surface area contributed by atoms with Gasteiger partial charge < -0.3 is 14.8 Å². The standard InChI is InChI=1S/C22H16F4N6O4S/c23-21(24)36-16-3-2-11(37-22(25)26)8-12(16)17-14(10-32(30-17)15-4-7-35-20(15)34)29-19(33)13-9-28-31-6-1-5-27-18(13)31/h1-3,5-6,8-10,15,21-22H,4,7H2,(H,29,33)/t15-/m0/s1. The van der Waals surface area contributed by atoms with Gasteiger partial charge in [-0.05, 0) is 24.3 Å². The highest BCUT2D eigenvalue weighted by molar-refractivity contribution is 7.99. The number of cyclic esters (lactones) is 1. The normalized spacial score (nSPS) is 15.5. The quantitative estimate of drug-likeness (QED) is 0.202. The van der Waals surface area contributed by atoms with Crippen LogP contribution in [0, 0.1) is 0 Å². The molecule has 192 valence electrons. The maximum atomic E-state index is 13.2. The fourth-order valence-electron chi connectivity index (χ4n) is 3.81. The fourth-order valence-corrected chi connectivity index (χ4v) is 4.35. The largest absolute Gasteiger partial charge is 0.464 e. The molecule has 0 unspecified atom stereocenters. The molecule has 1 aliphatic heterocycles. The minimum Gasteiger partial charge on any atom is -0.464 e. The highest BCUT2D eigenvalue weighted by Gasteiger charge is 2.31. The summed E-state index contributed by atoms with van der Waals surface area (Å²) in [5.41, 5.74) is 0.198. The van der Waals surface area contributed by atoms with Crippen LogP contribution >= 0.6 is 11.8 Å². The lowest BCUT2D eigenvalue weighted by Gasteiger charge is -2.13. The van der Waals surface area contributed by atoms with Crippen LogP contribution in [0.5, 0.6) is 5.75 Å². The Labute approximate surface area is 209 Å². The molecule has 1 amide bonds. The molecule has 0 bridgehead atoms. The molecule has 5 rings (SSSR count). The number of rotatable bonds is 8. The number of aromatic nitrogens is 5. The molecule has 1 aliphatic rings. The van der Waals surface area contributed by atoms with Crippen LogP contribution in [-0.4, -0.2) is 55.2 Å². The van der Waals surface area contributed by atoms with E-state index in [0.29, 0.717) is 0 Å². The second kappa shape index (κ2) is 10.1. The molecule has 4 heterocycles. The topological polar surface area (TPSA) is 113 Å². The number of hydrogen-bond acceptors (Lipinski definition) is 8. The number of nitrogens with one attached hydrogen (secondary N) is 1. The Morgan fingerprint density at radius 1 is 1.27 bits per heavy atom. The molecule has 1 fully saturated rings. The van der Waals surface area contributed by atoms with Crippen molar-refractivity contribution < 1.29 is 36.6 Å². The molecule has 0 saturated carbocycles. The third kappa shape index (κ3) is 5.07. The Kier molecular flexibility index (Phi) is 6.69. The van der Waals surface area contributed by atoms with Crippen LogP contribution in [0.1, 0.15) is 22.8 Å². The molecule has 15 heteroatoms. The highest BCUT2D eigenvalue weighted by Crippen LogP contribution is 2.40. The summed E-state index contributed by atoms with van der Waals surface area (Å²) >= 11 is 0.195. The maximum absolute atomic E-state index is 13.2. The van der Waals surface area contributed by atoms with Crippen molar-refractivity contribution in [1.29, 1.82) is 0 Å². The Balaban J connectivity index is 1.60. The molecule has 3 aromatic heterocycles. The molecule has 1 saturated heterocycles. The molecule has 0 radical (unpaired) electrons. The number of carbonyl (C=O) groups excluding carboxylic acids is 2. The third-order valence-corrected chi connectivity index (χ3v) is 6.08. The van der Waals surface area contributed by atoms with E-state index in [0.717, 1.165) is 6.07 Å². The van der Waals surface area contributed by atoms with Gasteiger partial charge in [0.15, 0.2) is 11.7 Å². The summed E-state index contributed by atoms with van der Waals surface area (Å²) in [7, 11) is 0. The van der Waals surface area contributed by atoms with Crippen LogP contribution in [0.25, 0.3) is 16.9 Å². The van der Waals surface area contributed by atoms with Gasteiger partial charge >= 0.3 is 12.6 Å². The van der Waals surface area contributed by atoms with Crippen LogP contribution in [0.3, 0.4) is 0 Å². The van der Waals surface area contributed by atoms with Crippen molar-refractivity contribution in [2.45, 2.75) is 29.7 Å². The van der Waals surface area contributed by atoms with E-state index >= 15 is 0 Å². The van der Waals surface area contributed by atoms with Crippen LogP contribution in [0.4, 0.5) is 23.2 Å². The smallest absolute Gasteiger partial charge is 0.387 e. The van der Waals surface area contributed by atoms with Gasteiger partial charge in [-0.2, -0.15) is 27.8 Å². The van der Waals surface area contributed by atoms with Crippen molar-refractivity contribution in [3.8, 4) is 17.0 Å². The van der Waals surface area contributed by atoms with E-state index in [4.69, 9.17) is 4.74 Å². The molecular formula is C22H16F4N6O4S. The van der Waals surface area contributed by atoms with Gasteiger partial charge in [-0.25, -0.2) is 14.3 Å². The summed E-state index contributed by atoms with van der Waals surface area (Å²) in [5, 5.41) is 11.0. The Morgan fingerprint density at radius 3 is 2.84 bits per heavy atom. The van der Waals surface area contributed by atoms with Crippen LogP contribution < -0.4 is 10.1 Å². The van der Waals surface area contributed by atoms with Gasteiger partial charge in [0.1, 0.15) is 17.0 Å². The molecule has 1 atom stereocenters. The van der Waals surface area contributed by atoms with Crippen LogP contribution in [0.2, 0.25) is 0 Å². The van der Waals surface area contributed by atoms with Crippen molar-refractivity contribution >= 4 is 35.0 Å². The van der Waals surface area contributed by atoms with Gasteiger partial charge in [-0.15, -0.1) is 0 Å². The zero-order valence-corrected chi connectivity index (χ0v) is 19.4. The number of halogens is 4. The van der Waals surface area contributed by atoms with Crippen molar-refractivity contribution in [3.05, 3.63) is 54.6 Å². The summed E-state index contributed by atoms with van der Waals surface area (Å²) in [6, 6.07) is 4.29. The number of thioether (sulfide) groups is 1. The van der Waals surface area contributed by atoms with E-state index in [2.05, 4.69) is 25.2 Å². The van der Waals surface area contributed by atoms with Gasteiger partial charge in [-0.3, -0.25) is 9.48 Å². The number of fused-ring (bicyclic) bond motifs is 1. The monoisotopic (exact) mass is 536 g/mol. The van der Waals surface area contributed by atoms with E-state index in [-0.39, 0.29) is 63.6 Å². The summed E-state index contributed by atoms with van der Waals surface area (Å²) < 4.78 is 64.5. The van der Waals surface area contributed by atoms with Crippen LogP contribution in [-0.2, 0) is 9.53 Å². The molecule has 1 N–H and O–H groups in total. The van der Waals surface area contributed by atoms with Gasteiger partial charge in [0.25, 0.3) is 11.7 Å². The van der Waals surface area contributed by atoms with Gasteiger partial charge in [0, 0.05) is 29.3 Å². The first-order valence-corrected chi connectivity index (χ1v) is 11.6. The first-order valence-electron chi connectivity index (χ1n) is 10.7. The molecule has 4 aromatic rings. The van der Waals surface area contributed by atoms with Gasteiger partial charge in [0.05, 0.1) is 24.7 Å². The second-order valence-corrected chi connectivity index (χ2v) is 8.72. The number of carbonyl (C=O) groups is 2. The molecule has 1 aromatic carbocycles. The average Bonchev–Trinajstić information content (AvgIpc) is 3.57. The van der Waals surface area contributed by atoms with E-state index < -0.39 is 30.3 Å². The molecule has 0 spiro atoms. The summed E-state index contributed by atoms with van der Waals surface area (Å²) in [6.45, 7) is -3.07. The SMILES string of the molecule is O=C(Nc1cn([C@H]2CCOC2=O)nc1-c1cc(SC(F)F)ccc1OC(F)F)c1cnn2cccnc12. The number of nitrogens with zero attached hydrogens (tertiary/aromatic N) is 5. The number of amides is 1. The van der Waals surface area contributed by atoms with Gasteiger partial charge in [-0.1, -0.05) is 11.8 Å². The van der Waals surface area contributed by atoms with E-state index in [1.165, 1.54) is 39.9 Å². The molecule has 37 heavy (non-hydrogen) atoms. The van der Waals surface area contributed by atoms with E-state index in [1.807, 2.05) is 0 Å². The first-order chi connectivity index (χ1) is 17.8. The number of benzene rings is 1. The molecule has 0 aliphatic carbocycles. The first kappa shape index (κ1) is 24.5. The Bertz CT molecular complexity index is 1480. The predicted molar refractivity (Wildman–Crippen MR) is 122 cm³/mol. The predicted octanol–water partition coefficient (Wildman–Crippen LogP) is 4.25. The van der Waals surface area contributed by atoms with E-state index in [9.17, 15) is 27.2 Å². The van der Waals surface area contributed by atoms with Crippen molar-refractivity contribution in [3.63, 3.8) is 0 Å². The third-order valence-electron chi connectivity index (χ3n) is 5.38. The van der Waals surface area contributed by atoms with Crippen molar-refractivity contribution in [1.82, 2.24) is 24.4 Å². The lowest BCUT2D eigenvalue weighted by atomic mass is 10.1. The zero-order valence-electron chi connectivity index (χ0n) is 18.6. The summed E-state index contributed by atoms with van der Waals surface area (Å²) in [5.74, 6) is -4.36. The van der Waals surface area contributed by atoms with Crippen molar-refractivity contribution in [2.24, 2.45) is 0 Å². The highest BCUT2D eigenvalue weighted by atomic mass is 32.2. The summed E-state index contributed by atoms with van der Waals surface area (Å²) in [4.78, 5) is 29.5. The number of esters is 1. The lowest BCUT2D eigenvalue weighted by Crippen LogP contribution is -2.15. The Hall–Kier alpha value is -4.14. The number of anilines is 1. The average molecular weight is 536 g/mol. The maximum Gasteiger partial charge on any atom is 0.387 e. The minimum absolute atomic E-state index is 0.0123. The van der Waals surface area contributed by atoms with E-state index in [1.54, 1.807) is 12.3 Å². The number of alkyl halides is 4. The zero-order chi connectivity index (χ0) is 26.1. The molecular weight excluding hydrogens is 520 g/mol. The minimum atomic E-state index is -3.22. The number of hydrogen-bond donors (Lipinski definition) is 1. The number of ether oxygens (including phenoxy) is 2. The molecule has 10 nitrogen and oxygen atoms in total.